The molecule has 2 heterocycles. The van der Waals surface area contributed by atoms with Crippen molar-refractivity contribution in [2.75, 3.05) is 19.6 Å². The highest BCUT2D eigenvalue weighted by Gasteiger charge is 2.38. The fourth-order valence-corrected chi connectivity index (χ4v) is 4.67. The smallest absolute Gasteiger partial charge is 0.410 e. The van der Waals surface area contributed by atoms with E-state index in [4.69, 9.17) is 4.74 Å². The lowest BCUT2D eigenvalue weighted by Gasteiger charge is -2.40. The molecule has 2 N–H and O–H groups in total. The maximum atomic E-state index is 12.1. The van der Waals surface area contributed by atoms with Crippen LogP contribution >= 0.6 is 0 Å². The molecule has 202 valence electrons. The normalized spacial score (nSPS) is 19.9. The molecule has 3 rings (SSSR count). The third kappa shape index (κ3) is 10.6. The van der Waals surface area contributed by atoms with Crippen LogP contribution in [-0.4, -0.2) is 48.0 Å². The number of likely N-dealkylation sites (tertiary alicyclic amines) is 1. The van der Waals surface area contributed by atoms with E-state index in [9.17, 15) is 14.4 Å². The Balaban J connectivity index is 0.000000255. The van der Waals surface area contributed by atoms with Crippen LogP contribution in [-0.2, 0) is 20.9 Å². The summed E-state index contributed by atoms with van der Waals surface area (Å²) in [7, 11) is 0. The van der Waals surface area contributed by atoms with Gasteiger partial charge in [0, 0.05) is 32.1 Å². The molecule has 2 saturated heterocycles. The van der Waals surface area contributed by atoms with Crippen molar-refractivity contribution in [3.8, 4) is 0 Å². The van der Waals surface area contributed by atoms with E-state index >= 15 is 0 Å². The highest BCUT2D eigenvalue weighted by Crippen LogP contribution is 2.26. The Kier molecular flexibility index (Phi) is 12.2. The summed E-state index contributed by atoms with van der Waals surface area (Å²) in [5.74, 6) is 0.770. The summed E-state index contributed by atoms with van der Waals surface area (Å²) in [6.45, 7) is 12.4. The van der Waals surface area contributed by atoms with Crippen molar-refractivity contribution in [3.05, 3.63) is 35.9 Å². The third-order valence-electron chi connectivity index (χ3n) is 6.70. The molecule has 0 radical (unpaired) electrons. The molecule has 2 bridgehead atoms. The molecular formula is C29H47N3O4. The van der Waals surface area contributed by atoms with Gasteiger partial charge in [0.15, 0.2) is 0 Å². The summed E-state index contributed by atoms with van der Waals surface area (Å²) < 4.78 is 5.33. The largest absolute Gasteiger partial charge is 0.444 e. The zero-order chi connectivity index (χ0) is 26.6. The first-order valence-electron chi connectivity index (χ1n) is 13.7. The molecule has 36 heavy (non-hydrogen) atoms. The number of rotatable bonds is 9. The van der Waals surface area contributed by atoms with Gasteiger partial charge in [0.2, 0.25) is 11.8 Å². The van der Waals surface area contributed by atoms with Crippen LogP contribution in [0.4, 0.5) is 4.79 Å². The average Bonchev–Trinajstić information content (AvgIpc) is 2.85. The molecule has 3 amide bonds. The second-order valence-electron chi connectivity index (χ2n) is 11.1. The Morgan fingerprint density at radius 2 is 1.83 bits per heavy atom. The van der Waals surface area contributed by atoms with Crippen LogP contribution in [0.2, 0.25) is 0 Å². The molecule has 0 aromatic heterocycles. The Bertz CT molecular complexity index is 822. The molecule has 7 nitrogen and oxygen atoms in total. The molecule has 2 fully saturated rings. The zero-order valence-electron chi connectivity index (χ0n) is 23.0. The number of piperidine rings is 2. The molecular weight excluding hydrogens is 454 g/mol. The van der Waals surface area contributed by atoms with E-state index in [1.54, 1.807) is 4.90 Å². The Labute approximate surface area is 217 Å². The summed E-state index contributed by atoms with van der Waals surface area (Å²) in [4.78, 5) is 37.3. The Hall–Kier alpha value is -2.57. The number of hydrogen-bond donors (Lipinski definition) is 2. The van der Waals surface area contributed by atoms with Crippen molar-refractivity contribution in [1.82, 2.24) is 15.5 Å². The number of hydrogen-bond acceptors (Lipinski definition) is 4. The number of nitrogens with one attached hydrogen (secondary N) is 2. The lowest BCUT2D eigenvalue weighted by atomic mass is 9.85. The van der Waals surface area contributed by atoms with Crippen LogP contribution in [0.1, 0.15) is 85.1 Å². The lowest BCUT2D eigenvalue weighted by molar-refractivity contribution is -0.130. The minimum absolute atomic E-state index is 0.0602. The molecule has 1 aromatic carbocycles. The number of carbonyl (C=O) groups is 3. The summed E-state index contributed by atoms with van der Waals surface area (Å²) >= 11 is 0. The van der Waals surface area contributed by atoms with Crippen LogP contribution in [0.5, 0.6) is 0 Å². The second-order valence-corrected chi connectivity index (χ2v) is 11.1. The fourth-order valence-electron chi connectivity index (χ4n) is 4.67. The van der Waals surface area contributed by atoms with Crippen molar-refractivity contribution in [3.63, 3.8) is 0 Å². The van der Waals surface area contributed by atoms with Crippen LogP contribution in [0.3, 0.4) is 0 Å². The van der Waals surface area contributed by atoms with Gasteiger partial charge in [0.25, 0.3) is 0 Å². The van der Waals surface area contributed by atoms with Crippen LogP contribution < -0.4 is 10.6 Å². The Morgan fingerprint density at radius 3 is 2.47 bits per heavy atom. The van der Waals surface area contributed by atoms with Gasteiger partial charge in [0.05, 0.1) is 5.92 Å². The van der Waals surface area contributed by atoms with E-state index in [-0.39, 0.29) is 29.7 Å². The molecule has 2 aliphatic rings. The van der Waals surface area contributed by atoms with Gasteiger partial charge in [-0.25, -0.2) is 4.79 Å². The highest BCUT2D eigenvalue weighted by atomic mass is 16.6. The van der Waals surface area contributed by atoms with Gasteiger partial charge in [-0.1, -0.05) is 69.9 Å². The van der Waals surface area contributed by atoms with Crippen LogP contribution in [0.25, 0.3) is 0 Å². The van der Waals surface area contributed by atoms with Gasteiger partial charge in [-0.15, -0.1) is 0 Å². The van der Waals surface area contributed by atoms with Crippen molar-refractivity contribution < 1.29 is 19.1 Å². The van der Waals surface area contributed by atoms with Gasteiger partial charge in [-0.3, -0.25) is 9.59 Å². The van der Waals surface area contributed by atoms with Gasteiger partial charge < -0.3 is 20.3 Å². The molecule has 0 saturated carbocycles. The van der Waals surface area contributed by atoms with E-state index in [0.29, 0.717) is 32.1 Å². The molecule has 3 unspecified atom stereocenters. The van der Waals surface area contributed by atoms with Crippen molar-refractivity contribution >= 4 is 17.9 Å². The quantitative estimate of drug-likeness (QED) is 0.450. The van der Waals surface area contributed by atoms with Gasteiger partial charge in [-0.2, -0.15) is 0 Å². The number of amides is 3. The lowest BCUT2D eigenvalue weighted by Crippen LogP contribution is -2.55. The summed E-state index contributed by atoms with van der Waals surface area (Å²) in [6.07, 6.45) is 7.50. The zero-order valence-corrected chi connectivity index (χ0v) is 23.0. The van der Waals surface area contributed by atoms with E-state index < -0.39 is 5.60 Å². The molecule has 0 aliphatic carbocycles. The second kappa shape index (κ2) is 14.9. The maximum absolute atomic E-state index is 12.1. The van der Waals surface area contributed by atoms with Crippen molar-refractivity contribution in [2.45, 2.75) is 91.7 Å². The van der Waals surface area contributed by atoms with E-state index in [1.165, 1.54) is 25.7 Å². The number of ether oxygens (including phenoxy) is 1. The maximum Gasteiger partial charge on any atom is 0.410 e. The minimum Gasteiger partial charge on any atom is -0.444 e. The number of benzene rings is 1. The number of carbonyl (C=O) groups excluding carboxylic acids is 3. The number of unbranched alkanes of at least 4 members (excludes halogenated alkanes) is 3. The minimum atomic E-state index is -0.480. The van der Waals surface area contributed by atoms with E-state index in [1.807, 2.05) is 51.1 Å². The third-order valence-corrected chi connectivity index (χ3v) is 6.70. The first kappa shape index (κ1) is 29.7. The van der Waals surface area contributed by atoms with Gasteiger partial charge in [-0.05, 0) is 51.5 Å². The first-order valence-corrected chi connectivity index (χ1v) is 13.7. The summed E-state index contributed by atoms with van der Waals surface area (Å²) in [6, 6.07) is 10.1. The van der Waals surface area contributed by atoms with Crippen LogP contribution in [0, 0.1) is 17.8 Å². The monoisotopic (exact) mass is 501 g/mol. The molecule has 1 aromatic rings. The fraction of sp³-hybridized carbons (Fsp3) is 0.690. The predicted molar refractivity (Wildman–Crippen MR) is 143 cm³/mol. The van der Waals surface area contributed by atoms with Crippen molar-refractivity contribution in [2.24, 2.45) is 17.8 Å². The van der Waals surface area contributed by atoms with Crippen molar-refractivity contribution in [1.29, 1.82) is 0 Å². The highest BCUT2D eigenvalue weighted by molar-refractivity contribution is 5.81. The van der Waals surface area contributed by atoms with Gasteiger partial charge >= 0.3 is 6.09 Å². The molecule has 3 atom stereocenters. The SMILES string of the molecule is CC(C)(C)OC(=O)N1CC2CNC(=O)C(C2)C1.CCCCCCC(CC)C(=O)NCc1ccccc1. The average molecular weight is 502 g/mol. The first-order chi connectivity index (χ1) is 17.1. The van der Waals surface area contributed by atoms with E-state index in [0.717, 1.165) is 24.8 Å². The van der Waals surface area contributed by atoms with Crippen LogP contribution in [0.15, 0.2) is 30.3 Å². The number of nitrogens with zero attached hydrogens (tertiary/aromatic N) is 1. The molecule has 2 aliphatic heterocycles. The van der Waals surface area contributed by atoms with Gasteiger partial charge in [0.1, 0.15) is 5.60 Å². The Morgan fingerprint density at radius 1 is 1.11 bits per heavy atom. The topological polar surface area (TPSA) is 87.7 Å². The summed E-state index contributed by atoms with van der Waals surface area (Å²) in [5, 5.41) is 5.93. The molecule has 0 spiro atoms. The molecule has 7 heteroatoms. The standard InChI is InChI=1S/C17H27NO.C12H20N2O3/c1-3-5-6-10-13-16(4-2)17(19)18-14-15-11-8-7-9-12-15;1-12(2,3)17-11(16)14-6-8-4-9(7-14)10(15)13-5-8/h7-9,11-12,16H,3-6,10,13-14H2,1-2H3,(H,18,19);8-9H,4-7H2,1-3H3,(H,13,15). The number of fused-ring (bicyclic) bond motifs is 2. The summed E-state index contributed by atoms with van der Waals surface area (Å²) in [5.41, 5.74) is 0.683. The predicted octanol–water partition coefficient (Wildman–Crippen LogP) is 5.29. The van der Waals surface area contributed by atoms with E-state index in [2.05, 4.69) is 24.5 Å².